The molecule has 148 valence electrons. The number of ether oxygens (including phenoxy) is 1. The molecule has 5 nitrogen and oxygen atoms in total. The van der Waals surface area contributed by atoms with Crippen LogP contribution < -0.4 is 5.32 Å². The van der Waals surface area contributed by atoms with E-state index in [0.717, 1.165) is 32.1 Å². The molecular formula is C21H29ClN2O3. The summed E-state index contributed by atoms with van der Waals surface area (Å²) >= 11 is 6.10. The zero-order valence-electron chi connectivity index (χ0n) is 16.3. The largest absolute Gasteiger partial charge is 0.353 e. The molecule has 0 radical (unpaired) electrons. The molecule has 0 aromatic heterocycles. The minimum Gasteiger partial charge on any atom is -0.353 e. The average molecular weight is 393 g/mol. The van der Waals surface area contributed by atoms with Crippen LogP contribution in [0, 0.1) is 5.92 Å². The van der Waals surface area contributed by atoms with Gasteiger partial charge in [0.2, 0.25) is 5.91 Å². The minimum atomic E-state index is -0.691. The first kappa shape index (κ1) is 20.2. The van der Waals surface area contributed by atoms with Gasteiger partial charge < -0.3 is 10.1 Å². The smallest absolute Gasteiger partial charge is 0.256 e. The first-order valence-electron chi connectivity index (χ1n) is 9.90. The van der Waals surface area contributed by atoms with Gasteiger partial charge in [0.05, 0.1) is 6.61 Å². The Hall–Kier alpha value is -1.59. The molecule has 2 unspecified atom stereocenters. The number of halogens is 1. The Morgan fingerprint density at radius 2 is 2.07 bits per heavy atom. The third-order valence-corrected chi connectivity index (χ3v) is 6.15. The van der Waals surface area contributed by atoms with Crippen molar-refractivity contribution < 1.29 is 14.3 Å². The molecular weight excluding hydrogens is 364 g/mol. The van der Waals surface area contributed by atoms with E-state index in [9.17, 15) is 9.59 Å². The first-order valence-corrected chi connectivity index (χ1v) is 10.3. The summed E-state index contributed by atoms with van der Waals surface area (Å²) in [6.07, 6.45) is 4.32. The predicted octanol–water partition coefficient (Wildman–Crippen LogP) is 4.00. The molecule has 0 bridgehead atoms. The molecule has 2 atom stereocenters. The lowest BCUT2D eigenvalue weighted by Gasteiger charge is -2.43. The molecule has 1 aliphatic carbocycles. The summed E-state index contributed by atoms with van der Waals surface area (Å²) in [5.41, 5.74) is -0.198. The van der Waals surface area contributed by atoms with Crippen LogP contribution in [0.25, 0.3) is 0 Å². The van der Waals surface area contributed by atoms with Crippen LogP contribution in [-0.2, 0) is 9.53 Å². The van der Waals surface area contributed by atoms with Gasteiger partial charge in [-0.3, -0.25) is 14.5 Å². The second-order valence-corrected chi connectivity index (χ2v) is 8.40. The highest BCUT2D eigenvalue weighted by molar-refractivity contribution is 6.31. The minimum absolute atomic E-state index is 0.0588. The van der Waals surface area contributed by atoms with E-state index in [1.807, 2.05) is 13.8 Å². The monoisotopic (exact) mass is 392 g/mol. The third-order valence-electron chi connectivity index (χ3n) is 5.91. The first-order chi connectivity index (χ1) is 12.9. The Bertz CT molecular complexity index is 700. The number of rotatable bonds is 4. The van der Waals surface area contributed by atoms with Gasteiger partial charge in [-0.1, -0.05) is 31.5 Å². The zero-order valence-corrected chi connectivity index (χ0v) is 17.1. The Morgan fingerprint density at radius 1 is 1.37 bits per heavy atom. The van der Waals surface area contributed by atoms with Gasteiger partial charge in [0, 0.05) is 16.6 Å². The van der Waals surface area contributed by atoms with Gasteiger partial charge >= 0.3 is 0 Å². The number of hydrogen-bond donors (Lipinski definition) is 1. The van der Waals surface area contributed by atoms with Crippen molar-refractivity contribution in [3.8, 4) is 0 Å². The molecule has 1 N–H and O–H groups in total. The summed E-state index contributed by atoms with van der Waals surface area (Å²) in [5.74, 6) is 0.277. The van der Waals surface area contributed by atoms with Gasteiger partial charge in [-0.2, -0.15) is 0 Å². The Balaban J connectivity index is 1.92. The average Bonchev–Trinajstić information content (AvgIpc) is 3.02. The van der Waals surface area contributed by atoms with Gasteiger partial charge in [0.15, 0.2) is 0 Å². The molecule has 6 heteroatoms. The molecule has 1 saturated heterocycles. The van der Waals surface area contributed by atoms with Gasteiger partial charge in [0.1, 0.15) is 11.8 Å². The van der Waals surface area contributed by atoms with Crippen molar-refractivity contribution in [2.45, 2.75) is 70.7 Å². The van der Waals surface area contributed by atoms with Gasteiger partial charge in [-0.15, -0.1) is 0 Å². The maximum atomic E-state index is 13.4. The number of nitrogens with zero attached hydrogens (tertiary/aromatic N) is 1. The molecule has 1 saturated carbocycles. The fourth-order valence-corrected chi connectivity index (χ4v) is 4.17. The second kappa shape index (κ2) is 8.19. The van der Waals surface area contributed by atoms with Crippen molar-refractivity contribution >= 4 is 23.4 Å². The van der Waals surface area contributed by atoms with Crippen molar-refractivity contribution in [2.75, 3.05) is 6.61 Å². The summed E-state index contributed by atoms with van der Waals surface area (Å²) in [4.78, 5) is 28.0. The Kier molecular flexibility index (Phi) is 6.11. The van der Waals surface area contributed by atoms with Crippen LogP contribution in [0.2, 0.25) is 5.02 Å². The summed E-state index contributed by atoms with van der Waals surface area (Å²) in [6, 6.07) is 6.35. The number of benzene rings is 1. The van der Waals surface area contributed by atoms with Crippen LogP contribution >= 0.6 is 11.6 Å². The number of amides is 2. The van der Waals surface area contributed by atoms with Crippen molar-refractivity contribution in [3.63, 3.8) is 0 Å². The van der Waals surface area contributed by atoms with Gasteiger partial charge in [0.25, 0.3) is 5.91 Å². The van der Waals surface area contributed by atoms with E-state index in [1.165, 1.54) is 0 Å². The van der Waals surface area contributed by atoms with E-state index in [-0.39, 0.29) is 24.5 Å². The van der Waals surface area contributed by atoms with Gasteiger partial charge in [-0.05, 0) is 63.1 Å². The highest BCUT2D eigenvalue weighted by Gasteiger charge is 2.53. The fourth-order valence-electron chi connectivity index (χ4n) is 3.98. The lowest BCUT2D eigenvalue weighted by Crippen LogP contribution is -2.57. The van der Waals surface area contributed by atoms with Crippen molar-refractivity contribution in [1.82, 2.24) is 10.2 Å². The lowest BCUT2D eigenvalue weighted by molar-refractivity contribution is -0.128. The fraction of sp³-hybridized carbons (Fsp3) is 0.619. The molecule has 1 spiro atoms. The van der Waals surface area contributed by atoms with E-state index in [4.69, 9.17) is 16.3 Å². The maximum Gasteiger partial charge on any atom is 0.256 e. The molecule has 2 amide bonds. The van der Waals surface area contributed by atoms with E-state index < -0.39 is 11.8 Å². The van der Waals surface area contributed by atoms with E-state index >= 15 is 0 Å². The quantitative estimate of drug-likeness (QED) is 0.842. The number of hydrogen-bond acceptors (Lipinski definition) is 3. The van der Waals surface area contributed by atoms with Crippen LogP contribution in [0.5, 0.6) is 0 Å². The van der Waals surface area contributed by atoms with E-state index in [2.05, 4.69) is 12.2 Å². The summed E-state index contributed by atoms with van der Waals surface area (Å²) in [5, 5.41) is 3.52. The van der Waals surface area contributed by atoms with Crippen molar-refractivity contribution in [2.24, 2.45) is 5.92 Å². The second-order valence-electron chi connectivity index (χ2n) is 7.96. The highest BCUT2D eigenvalue weighted by Crippen LogP contribution is 2.43. The lowest BCUT2D eigenvalue weighted by atomic mass is 9.83. The summed E-state index contributed by atoms with van der Waals surface area (Å²) < 4.78 is 6.18. The molecule has 2 fully saturated rings. The van der Waals surface area contributed by atoms with Crippen LogP contribution in [-0.4, -0.2) is 41.1 Å². The van der Waals surface area contributed by atoms with Crippen LogP contribution in [0.1, 0.15) is 63.2 Å². The van der Waals surface area contributed by atoms with E-state index in [1.54, 1.807) is 29.2 Å². The number of carbonyl (C=O) groups is 2. The predicted molar refractivity (Wildman–Crippen MR) is 106 cm³/mol. The maximum absolute atomic E-state index is 13.4. The molecule has 1 aromatic carbocycles. The third kappa shape index (κ3) is 4.14. The molecule has 3 rings (SSSR count). The van der Waals surface area contributed by atoms with E-state index in [0.29, 0.717) is 16.5 Å². The molecule has 1 aromatic rings. The van der Waals surface area contributed by atoms with Crippen molar-refractivity contribution in [3.05, 3.63) is 34.9 Å². The van der Waals surface area contributed by atoms with Crippen LogP contribution in [0.4, 0.5) is 0 Å². The zero-order chi connectivity index (χ0) is 19.6. The number of carbonyl (C=O) groups excluding carboxylic acids is 2. The molecule has 1 heterocycles. The number of nitrogens with one attached hydrogen (secondary N) is 1. The Labute approximate surface area is 166 Å². The van der Waals surface area contributed by atoms with Gasteiger partial charge in [-0.25, -0.2) is 0 Å². The Morgan fingerprint density at radius 3 is 2.70 bits per heavy atom. The molecule has 1 aliphatic heterocycles. The summed E-state index contributed by atoms with van der Waals surface area (Å²) in [7, 11) is 0. The molecule has 2 aliphatic rings. The molecule has 27 heavy (non-hydrogen) atoms. The SMILES string of the molecule is CCC(C)NC(=O)C1COC2(CCC(C)CC2)N1C(=O)c1cccc(Cl)c1. The highest BCUT2D eigenvalue weighted by atomic mass is 35.5. The topological polar surface area (TPSA) is 58.6 Å². The van der Waals surface area contributed by atoms with Crippen LogP contribution in [0.3, 0.4) is 0 Å². The van der Waals surface area contributed by atoms with Crippen LogP contribution in [0.15, 0.2) is 24.3 Å². The normalized spacial score (nSPS) is 29.0. The summed E-state index contributed by atoms with van der Waals surface area (Å²) in [6.45, 7) is 6.45. The standard InChI is InChI=1S/C21H29ClN2O3/c1-4-15(3)23-19(25)18-13-27-21(10-8-14(2)9-11-21)24(18)20(26)16-6-5-7-17(22)12-16/h5-7,12,14-15,18H,4,8-11,13H2,1-3H3,(H,23,25). The van der Waals surface area contributed by atoms with Crippen molar-refractivity contribution in [1.29, 1.82) is 0 Å².